The van der Waals surface area contributed by atoms with Crippen LogP contribution in [-0.4, -0.2) is 14.9 Å². The Kier molecular flexibility index (Phi) is 4.18. The summed E-state index contributed by atoms with van der Waals surface area (Å²) in [7, 11) is 0. The van der Waals surface area contributed by atoms with Gasteiger partial charge < -0.3 is 5.11 Å². The van der Waals surface area contributed by atoms with Crippen molar-refractivity contribution in [3.63, 3.8) is 0 Å². The van der Waals surface area contributed by atoms with Crippen LogP contribution in [0.2, 0.25) is 0 Å². The summed E-state index contributed by atoms with van der Waals surface area (Å²) in [5.41, 5.74) is 2.06. The predicted molar refractivity (Wildman–Crippen MR) is 62.3 cm³/mol. The molecule has 1 aromatic rings. The molecule has 1 heterocycles. The number of hydrogen-bond donors (Lipinski definition) is 1. The number of aromatic nitrogens is 2. The Morgan fingerprint density at radius 3 is 2.40 bits per heavy atom. The van der Waals surface area contributed by atoms with Crippen LogP contribution in [0.15, 0.2) is 0 Å². The van der Waals surface area contributed by atoms with Gasteiger partial charge in [0, 0.05) is 12.1 Å². The maximum atomic E-state index is 9.99. The molecule has 3 heteroatoms. The van der Waals surface area contributed by atoms with Crippen molar-refractivity contribution in [1.82, 2.24) is 9.78 Å². The quantitative estimate of drug-likeness (QED) is 0.811. The van der Waals surface area contributed by atoms with Crippen molar-refractivity contribution in [3.8, 4) is 5.88 Å². The standard InChI is InChI=1S/C12H22N2O/c1-5-7-8-14-12(15)10(6-2)11(13-14)9(3)4/h9,15H,5-8H2,1-4H3. The summed E-state index contributed by atoms with van der Waals surface area (Å²) >= 11 is 0. The Bertz CT molecular complexity index is 316. The van der Waals surface area contributed by atoms with Gasteiger partial charge in [-0.05, 0) is 18.8 Å². The first-order valence-corrected chi connectivity index (χ1v) is 5.90. The molecule has 0 saturated carbocycles. The lowest BCUT2D eigenvalue weighted by atomic mass is 10.0. The van der Waals surface area contributed by atoms with E-state index in [0.29, 0.717) is 11.8 Å². The third kappa shape index (κ3) is 2.52. The molecule has 0 bridgehead atoms. The summed E-state index contributed by atoms with van der Waals surface area (Å²) in [5, 5.41) is 14.5. The van der Waals surface area contributed by atoms with Crippen molar-refractivity contribution in [2.24, 2.45) is 0 Å². The molecule has 0 aliphatic rings. The Balaban J connectivity index is 2.98. The topological polar surface area (TPSA) is 38.0 Å². The fourth-order valence-electron chi connectivity index (χ4n) is 1.78. The second kappa shape index (κ2) is 5.19. The smallest absolute Gasteiger partial charge is 0.212 e. The molecule has 0 atom stereocenters. The average Bonchev–Trinajstić information content (AvgIpc) is 2.52. The molecule has 0 radical (unpaired) electrons. The molecule has 0 spiro atoms. The van der Waals surface area contributed by atoms with Crippen molar-refractivity contribution < 1.29 is 5.11 Å². The van der Waals surface area contributed by atoms with E-state index in [9.17, 15) is 5.11 Å². The first-order chi connectivity index (χ1) is 7.11. The summed E-state index contributed by atoms with van der Waals surface area (Å²) in [4.78, 5) is 0. The molecule has 1 rings (SSSR count). The molecule has 0 aliphatic heterocycles. The second-order valence-corrected chi connectivity index (χ2v) is 4.27. The van der Waals surface area contributed by atoms with Gasteiger partial charge in [-0.1, -0.05) is 34.1 Å². The maximum Gasteiger partial charge on any atom is 0.212 e. The van der Waals surface area contributed by atoms with Crippen LogP contribution in [0, 0.1) is 0 Å². The van der Waals surface area contributed by atoms with Crippen LogP contribution in [0.1, 0.15) is 57.7 Å². The van der Waals surface area contributed by atoms with Crippen molar-refractivity contribution >= 4 is 0 Å². The van der Waals surface area contributed by atoms with E-state index in [-0.39, 0.29) is 0 Å². The van der Waals surface area contributed by atoms with Crippen LogP contribution in [0.3, 0.4) is 0 Å². The molecule has 3 nitrogen and oxygen atoms in total. The zero-order valence-electron chi connectivity index (χ0n) is 10.2. The minimum absolute atomic E-state index is 0.370. The first-order valence-electron chi connectivity index (χ1n) is 5.90. The van der Waals surface area contributed by atoms with Crippen LogP contribution in [0.4, 0.5) is 0 Å². The van der Waals surface area contributed by atoms with Gasteiger partial charge in [-0.2, -0.15) is 5.10 Å². The molecule has 86 valence electrons. The monoisotopic (exact) mass is 210 g/mol. The van der Waals surface area contributed by atoms with E-state index in [1.165, 1.54) is 0 Å². The maximum absolute atomic E-state index is 9.99. The summed E-state index contributed by atoms with van der Waals surface area (Å²) in [6.07, 6.45) is 3.04. The van der Waals surface area contributed by atoms with Crippen LogP contribution in [-0.2, 0) is 13.0 Å². The molecule has 0 unspecified atom stereocenters. The minimum Gasteiger partial charge on any atom is -0.493 e. The normalized spacial score (nSPS) is 11.3. The lowest BCUT2D eigenvalue weighted by Gasteiger charge is -2.01. The molecular formula is C12H22N2O. The third-order valence-electron chi connectivity index (χ3n) is 2.68. The van der Waals surface area contributed by atoms with E-state index in [2.05, 4.69) is 32.8 Å². The lowest BCUT2D eigenvalue weighted by molar-refractivity contribution is 0.389. The van der Waals surface area contributed by atoms with Gasteiger partial charge in [0.25, 0.3) is 0 Å². The Morgan fingerprint density at radius 2 is 2.00 bits per heavy atom. The van der Waals surface area contributed by atoms with Crippen molar-refractivity contribution in [1.29, 1.82) is 0 Å². The van der Waals surface area contributed by atoms with E-state index in [1.807, 2.05) is 0 Å². The van der Waals surface area contributed by atoms with Gasteiger partial charge in [-0.15, -0.1) is 0 Å². The van der Waals surface area contributed by atoms with Crippen LogP contribution < -0.4 is 0 Å². The molecule has 0 amide bonds. The fraction of sp³-hybridized carbons (Fsp3) is 0.750. The van der Waals surface area contributed by atoms with Gasteiger partial charge in [0.15, 0.2) is 0 Å². The van der Waals surface area contributed by atoms with Gasteiger partial charge in [0.1, 0.15) is 0 Å². The number of nitrogens with zero attached hydrogens (tertiary/aromatic N) is 2. The SMILES string of the molecule is CCCCn1nc(C(C)C)c(CC)c1O. The van der Waals surface area contributed by atoms with Crippen LogP contribution in [0.25, 0.3) is 0 Å². The molecule has 1 aromatic heterocycles. The highest BCUT2D eigenvalue weighted by Gasteiger charge is 2.17. The van der Waals surface area contributed by atoms with Crippen LogP contribution in [0.5, 0.6) is 5.88 Å². The predicted octanol–water partition coefficient (Wildman–Crippen LogP) is 3.07. The number of aryl methyl sites for hydroxylation is 1. The number of unbranched alkanes of at least 4 members (excludes halogenated alkanes) is 1. The van der Waals surface area contributed by atoms with E-state index in [0.717, 1.165) is 37.1 Å². The highest BCUT2D eigenvalue weighted by Crippen LogP contribution is 2.27. The van der Waals surface area contributed by atoms with Gasteiger partial charge in [0.05, 0.1) is 5.69 Å². The zero-order valence-corrected chi connectivity index (χ0v) is 10.2. The second-order valence-electron chi connectivity index (χ2n) is 4.27. The Morgan fingerprint density at radius 1 is 1.33 bits per heavy atom. The number of aromatic hydroxyl groups is 1. The van der Waals surface area contributed by atoms with Crippen molar-refractivity contribution in [2.45, 2.75) is 59.4 Å². The highest BCUT2D eigenvalue weighted by molar-refractivity contribution is 5.32. The van der Waals surface area contributed by atoms with E-state index < -0.39 is 0 Å². The molecule has 0 saturated heterocycles. The molecule has 1 N–H and O–H groups in total. The van der Waals surface area contributed by atoms with Gasteiger partial charge in [-0.3, -0.25) is 0 Å². The minimum atomic E-state index is 0.370. The Hall–Kier alpha value is -0.990. The summed E-state index contributed by atoms with van der Waals surface area (Å²) < 4.78 is 1.75. The average molecular weight is 210 g/mol. The summed E-state index contributed by atoms with van der Waals surface area (Å²) in [6.45, 7) is 9.26. The zero-order chi connectivity index (χ0) is 11.4. The summed E-state index contributed by atoms with van der Waals surface area (Å²) in [6, 6.07) is 0. The Labute approximate surface area is 92.1 Å². The van der Waals surface area contributed by atoms with E-state index in [1.54, 1.807) is 4.68 Å². The van der Waals surface area contributed by atoms with Crippen LogP contribution >= 0.6 is 0 Å². The van der Waals surface area contributed by atoms with Gasteiger partial charge >= 0.3 is 0 Å². The third-order valence-corrected chi connectivity index (χ3v) is 2.68. The molecular weight excluding hydrogens is 188 g/mol. The fourth-order valence-corrected chi connectivity index (χ4v) is 1.78. The van der Waals surface area contributed by atoms with Gasteiger partial charge in [0.2, 0.25) is 5.88 Å². The number of rotatable bonds is 5. The molecule has 0 aromatic carbocycles. The van der Waals surface area contributed by atoms with Gasteiger partial charge in [-0.25, -0.2) is 4.68 Å². The lowest BCUT2D eigenvalue weighted by Crippen LogP contribution is -2.00. The van der Waals surface area contributed by atoms with E-state index >= 15 is 0 Å². The van der Waals surface area contributed by atoms with E-state index in [4.69, 9.17) is 0 Å². The summed E-state index contributed by atoms with van der Waals surface area (Å²) in [5.74, 6) is 0.753. The van der Waals surface area contributed by atoms with Crippen molar-refractivity contribution in [2.75, 3.05) is 0 Å². The molecule has 15 heavy (non-hydrogen) atoms. The number of hydrogen-bond acceptors (Lipinski definition) is 2. The molecule has 0 fully saturated rings. The highest BCUT2D eigenvalue weighted by atomic mass is 16.3. The largest absolute Gasteiger partial charge is 0.493 e. The van der Waals surface area contributed by atoms with Crippen molar-refractivity contribution in [3.05, 3.63) is 11.3 Å². The first kappa shape index (κ1) is 12.1. The molecule has 0 aliphatic carbocycles.